The highest BCUT2D eigenvalue weighted by atomic mass is 16.5. The van der Waals surface area contributed by atoms with E-state index in [4.69, 9.17) is 18.9 Å². The molecule has 3 rings (SSSR count). The Hall–Kier alpha value is -3.02. The molecule has 0 heterocycles. The van der Waals surface area contributed by atoms with Gasteiger partial charge in [0.2, 0.25) is 5.75 Å². The van der Waals surface area contributed by atoms with Crippen LogP contribution in [-0.2, 0) is 17.6 Å². The summed E-state index contributed by atoms with van der Waals surface area (Å²) in [5.74, 6) is 0.429. The Kier molecular flexibility index (Phi) is 7.93. The van der Waals surface area contributed by atoms with Gasteiger partial charge in [-0.3, -0.25) is 4.79 Å². The zero-order valence-corrected chi connectivity index (χ0v) is 18.5. The van der Waals surface area contributed by atoms with Crippen molar-refractivity contribution in [3.05, 3.63) is 52.6 Å². The van der Waals surface area contributed by atoms with Crippen LogP contribution < -0.4 is 14.2 Å². The van der Waals surface area contributed by atoms with E-state index in [1.54, 1.807) is 12.1 Å². The standard InChI is InChI=1S/C25H30O6/c1-4-28-22-14-20(15-23(29-5-2)24(22)30-6-3)25(27)31-16-21(26)19-12-11-17-9-7-8-10-18(17)13-19/h11-15H,4-10,16H2,1-3H3. The molecular weight excluding hydrogens is 396 g/mol. The molecule has 0 fully saturated rings. The van der Waals surface area contributed by atoms with Gasteiger partial charge in [0.1, 0.15) is 0 Å². The Bertz CT molecular complexity index is 907. The second-order valence-corrected chi connectivity index (χ2v) is 7.29. The Morgan fingerprint density at radius 2 is 1.39 bits per heavy atom. The van der Waals surface area contributed by atoms with Crippen LogP contribution in [0, 0.1) is 0 Å². The van der Waals surface area contributed by atoms with Crippen LogP contribution in [0.3, 0.4) is 0 Å². The molecule has 0 aliphatic heterocycles. The normalized spacial score (nSPS) is 12.6. The van der Waals surface area contributed by atoms with Gasteiger partial charge >= 0.3 is 5.97 Å². The number of rotatable bonds is 10. The average molecular weight is 427 g/mol. The summed E-state index contributed by atoms with van der Waals surface area (Å²) in [4.78, 5) is 25.3. The molecule has 0 unspecified atom stereocenters. The number of benzene rings is 2. The van der Waals surface area contributed by atoms with Crippen molar-refractivity contribution in [2.24, 2.45) is 0 Å². The number of esters is 1. The lowest BCUT2D eigenvalue weighted by molar-refractivity contribution is 0.0474. The third-order valence-corrected chi connectivity index (χ3v) is 5.15. The van der Waals surface area contributed by atoms with Crippen LogP contribution >= 0.6 is 0 Å². The van der Waals surface area contributed by atoms with E-state index in [1.165, 1.54) is 17.5 Å². The minimum atomic E-state index is -0.615. The molecule has 2 aromatic carbocycles. The lowest BCUT2D eigenvalue weighted by Crippen LogP contribution is -2.15. The van der Waals surface area contributed by atoms with Crippen LogP contribution in [0.5, 0.6) is 17.2 Å². The molecule has 31 heavy (non-hydrogen) atoms. The van der Waals surface area contributed by atoms with Crippen LogP contribution in [-0.4, -0.2) is 38.2 Å². The minimum absolute atomic E-state index is 0.220. The number of hydrogen-bond acceptors (Lipinski definition) is 6. The first-order valence-corrected chi connectivity index (χ1v) is 11.0. The average Bonchev–Trinajstić information content (AvgIpc) is 2.79. The largest absolute Gasteiger partial charge is 0.490 e. The summed E-state index contributed by atoms with van der Waals surface area (Å²) >= 11 is 0. The fraction of sp³-hybridized carbons (Fsp3) is 0.440. The van der Waals surface area contributed by atoms with E-state index < -0.39 is 5.97 Å². The molecule has 0 atom stereocenters. The summed E-state index contributed by atoms with van der Waals surface area (Å²) in [6, 6.07) is 8.88. The van der Waals surface area contributed by atoms with Crippen LogP contribution in [0.15, 0.2) is 30.3 Å². The molecule has 0 spiro atoms. The summed E-state index contributed by atoms with van der Waals surface area (Å²) in [5, 5.41) is 0. The predicted molar refractivity (Wildman–Crippen MR) is 118 cm³/mol. The first-order chi connectivity index (χ1) is 15.1. The van der Waals surface area contributed by atoms with Crippen molar-refractivity contribution >= 4 is 11.8 Å². The van der Waals surface area contributed by atoms with Gasteiger partial charge in [0.25, 0.3) is 0 Å². The smallest absolute Gasteiger partial charge is 0.338 e. The zero-order valence-electron chi connectivity index (χ0n) is 18.5. The number of carbonyl (C=O) groups excluding carboxylic acids is 2. The zero-order chi connectivity index (χ0) is 22.2. The van der Waals surface area contributed by atoms with E-state index in [-0.39, 0.29) is 18.0 Å². The number of ketones is 1. The number of hydrogen-bond donors (Lipinski definition) is 0. The van der Waals surface area contributed by atoms with E-state index in [0.29, 0.717) is 42.6 Å². The van der Waals surface area contributed by atoms with E-state index in [2.05, 4.69) is 0 Å². The number of Topliss-reactive ketones (excluding diaryl/α,β-unsaturated/α-hetero) is 1. The molecule has 0 saturated heterocycles. The molecule has 0 bridgehead atoms. The van der Waals surface area contributed by atoms with Gasteiger partial charge in [-0.1, -0.05) is 12.1 Å². The van der Waals surface area contributed by atoms with Crippen molar-refractivity contribution in [3.8, 4) is 17.2 Å². The molecule has 0 aromatic heterocycles. The van der Waals surface area contributed by atoms with Crippen LogP contribution in [0.1, 0.15) is 65.5 Å². The highest BCUT2D eigenvalue weighted by Crippen LogP contribution is 2.39. The fourth-order valence-electron chi connectivity index (χ4n) is 3.71. The quantitative estimate of drug-likeness (QED) is 0.401. The van der Waals surface area contributed by atoms with E-state index >= 15 is 0 Å². The Morgan fingerprint density at radius 3 is 2.00 bits per heavy atom. The Balaban J connectivity index is 1.74. The fourth-order valence-corrected chi connectivity index (χ4v) is 3.71. The highest BCUT2D eigenvalue weighted by Gasteiger charge is 2.20. The number of carbonyl (C=O) groups is 2. The maximum atomic E-state index is 12.7. The summed E-state index contributed by atoms with van der Waals surface area (Å²) in [6.07, 6.45) is 4.37. The summed E-state index contributed by atoms with van der Waals surface area (Å²) in [7, 11) is 0. The summed E-state index contributed by atoms with van der Waals surface area (Å²) < 4.78 is 22.2. The van der Waals surface area contributed by atoms with Crippen molar-refractivity contribution in [2.75, 3.05) is 26.4 Å². The van der Waals surface area contributed by atoms with Gasteiger partial charge < -0.3 is 18.9 Å². The van der Waals surface area contributed by atoms with Gasteiger partial charge in [0.15, 0.2) is 23.9 Å². The number of fused-ring (bicyclic) bond motifs is 1. The summed E-state index contributed by atoms with van der Waals surface area (Å²) in [5.41, 5.74) is 3.34. The molecule has 6 nitrogen and oxygen atoms in total. The van der Waals surface area contributed by atoms with Crippen LogP contribution in [0.25, 0.3) is 0 Å². The molecule has 0 N–H and O–H groups in total. The highest BCUT2D eigenvalue weighted by molar-refractivity contribution is 5.99. The van der Waals surface area contributed by atoms with Crippen molar-refractivity contribution in [3.63, 3.8) is 0 Å². The maximum Gasteiger partial charge on any atom is 0.338 e. The van der Waals surface area contributed by atoms with Crippen molar-refractivity contribution in [1.82, 2.24) is 0 Å². The maximum absolute atomic E-state index is 12.7. The van der Waals surface area contributed by atoms with Crippen LogP contribution in [0.2, 0.25) is 0 Å². The lowest BCUT2D eigenvalue weighted by Gasteiger charge is -2.17. The predicted octanol–water partition coefficient (Wildman–Crippen LogP) is 4.80. The summed E-state index contributed by atoms with van der Waals surface area (Å²) in [6.45, 7) is 6.47. The molecule has 166 valence electrons. The van der Waals surface area contributed by atoms with Gasteiger partial charge in [-0.25, -0.2) is 4.79 Å². The number of aryl methyl sites for hydroxylation is 2. The second kappa shape index (κ2) is 10.8. The van der Waals surface area contributed by atoms with E-state index in [0.717, 1.165) is 19.3 Å². The molecule has 6 heteroatoms. The first kappa shape index (κ1) is 22.7. The second-order valence-electron chi connectivity index (χ2n) is 7.29. The molecule has 0 amide bonds. The van der Waals surface area contributed by atoms with Crippen LogP contribution in [0.4, 0.5) is 0 Å². The van der Waals surface area contributed by atoms with Crippen molar-refractivity contribution in [1.29, 1.82) is 0 Å². The molecule has 0 radical (unpaired) electrons. The Labute approximate surface area is 183 Å². The first-order valence-electron chi connectivity index (χ1n) is 11.0. The van der Waals surface area contributed by atoms with E-state index in [9.17, 15) is 9.59 Å². The molecule has 2 aromatic rings. The van der Waals surface area contributed by atoms with Gasteiger partial charge in [-0.05, 0) is 75.8 Å². The monoisotopic (exact) mass is 426 g/mol. The third kappa shape index (κ3) is 5.57. The number of ether oxygens (including phenoxy) is 4. The Morgan fingerprint density at radius 1 is 0.774 bits per heavy atom. The molecule has 0 saturated carbocycles. The molecule has 1 aliphatic rings. The van der Waals surface area contributed by atoms with Crippen molar-refractivity contribution in [2.45, 2.75) is 46.5 Å². The van der Waals surface area contributed by atoms with Crippen molar-refractivity contribution < 1.29 is 28.5 Å². The van der Waals surface area contributed by atoms with Gasteiger partial charge in [0.05, 0.1) is 25.4 Å². The third-order valence-electron chi connectivity index (χ3n) is 5.15. The SMILES string of the molecule is CCOc1cc(C(=O)OCC(=O)c2ccc3c(c2)CCCC3)cc(OCC)c1OCC. The van der Waals surface area contributed by atoms with Gasteiger partial charge in [-0.15, -0.1) is 0 Å². The lowest BCUT2D eigenvalue weighted by atomic mass is 9.90. The van der Waals surface area contributed by atoms with Gasteiger partial charge in [-0.2, -0.15) is 0 Å². The van der Waals surface area contributed by atoms with Gasteiger partial charge in [0, 0.05) is 5.56 Å². The topological polar surface area (TPSA) is 71.1 Å². The van der Waals surface area contributed by atoms with E-state index in [1.807, 2.05) is 39.0 Å². The molecule has 1 aliphatic carbocycles. The minimum Gasteiger partial charge on any atom is -0.490 e. The molecular formula is C25H30O6.